The summed E-state index contributed by atoms with van der Waals surface area (Å²) >= 11 is 3.16. The predicted octanol–water partition coefficient (Wildman–Crippen LogP) is 3.31. The summed E-state index contributed by atoms with van der Waals surface area (Å²) in [5, 5.41) is 10.7. The Kier molecular flexibility index (Phi) is 4.85. The van der Waals surface area contributed by atoms with Gasteiger partial charge in [0.2, 0.25) is 5.82 Å². The van der Waals surface area contributed by atoms with Crippen LogP contribution in [0, 0.1) is 15.9 Å². The molecule has 2 rings (SSSR count). The molecule has 1 N–H and O–H groups in total. The number of nitrogens with one attached hydrogen (secondary N) is 1. The summed E-state index contributed by atoms with van der Waals surface area (Å²) in [6, 6.07) is 7.07. The minimum atomic E-state index is -4.08. The lowest BCUT2D eigenvalue weighted by molar-refractivity contribution is -0.387. The number of nitro benzene ring substituents is 1. The Morgan fingerprint density at radius 2 is 1.96 bits per heavy atom. The van der Waals surface area contributed by atoms with Crippen LogP contribution in [0.4, 0.5) is 15.8 Å². The molecule has 122 valence electrons. The summed E-state index contributed by atoms with van der Waals surface area (Å²) in [4.78, 5) is 9.61. The number of nitrogens with zero attached hydrogens (tertiary/aromatic N) is 1. The quantitative estimate of drug-likeness (QED) is 0.608. The van der Waals surface area contributed by atoms with Crippen LogP contribution in [-0.2, 0) is 10.0 Å². The predicted molar refractivity (Wildman–Crippen MR) is 84.6 cm³/mol. The summed E-state index contributed by atoms with van der Waals surface area (Å²) in [5.41, 5.74) is -0.966. The Bertz CT molecular complexity index is 873. The fourth-order valence-electron chi connectivity index (χ4n) is 1.79. The lowest BCUT2D eigenvalue weighted by Crippen LogP contribution is -2.14. The zero-order valence-electron chi connectivity index (χ0n) is 11.6. The Morgan fingerprint density at radius 1 is 1.26 bits per heavy atom. The van der Waals surface area contributed by atoms with Crippen molar-refractivity contribution in [1.82, 2.24) is 0 Å². The van der Waals surface area contributed by atoms with Crippen LogP contribution in [-0.4, -0.2) is 20.5 Å². The largest absolute Gasteiger partial charge is 0.495 e. The number of ether oxygens (including phenoxy) is 1. The first-order valence-corrected chi connectivity index (χ1v) is 8.32. The van der Waals surface area contributed by atoms with E-state index in [2.05, 4.69) is 20.7 Å². The monoisotopic (exact) mass is 404 g/mol. The molecule has 7 nitrogen and oxygen atoms in total. The van der Waals surface area contributed by atoms with Crippen LogP contribution in [0.15, 0.2) is 45.8 Å². The average Bonchev–Trinajstić information content (AvgIpc) is 2.48. The van der Waals surface area contributed by atoms with E-state index in [1.54, 1.807) is 6.07 Å². The number of nitro groups is 1. The average molecular weight is 405 g/mol. The van der Waals surface area contributed by atoms with Crippen LogP contribution in [0.2, 0.25) is 0 Å². The lowest BCUT2D eigenvalue weighted by Gasteiger charge is -2.12. The van der Waals surface area contributed by atoms with Crippen molar-refractivity contribution in [2.75, 3.05) is 11.8 Å². The highest BCUT2D eigenvalue weighted by Gasteiger charge is 2.22. The van der Waals surface area contributed by atoms with Crippen LogP contribution in [0.5, 0.6) is 5.75 Å². The van der Waals surface area contributed by atoms with Gasteiger partial charge in [-0.05, 0) is 30.3 Å². The number of anilines is 1. The first-order valence-electron chi connectivity index (χ1n) is 6.05. The molecule has 0 heterocycles. The van der Waals surface area contributed by atoms with Gasteiger partial charge in [-0.15, -0.1) is 0 Å². The van der Waals surface area contributed by atoms with E-state index in [4.69, 9.17) is 4.74 Å². The third-order valence-corrected chi connectivity index (χ3v) is 4.71. The third kappa shape index (κ3) is 3.77. The summed E-state index contributed by atoms with van der Waals surface area (Å²) < 4.78 is 45.8. The summed E-state index contributed by atoms with van der Waals surface area (Å²) in [6.07, 6.45) is 0. The molecule has 2 aromatic rings. The molecule has 0 unspecified atom stereocenters. The second kappa shape index (κ2) is 6.50. The van der Waals surface area contributed by atoms with E-state index in [1.807, 2.05) is 0 Å². The number of rotatable bonds is 5. The molecule has 0 fully saturated rings. The first-order chi connectivity index (χ1) is 10.7. The maximum Gasteiger partial charge on any atom is 0.306 e. The second-order valence-corrected chi connectivity index (χ2v) is 6.89. The van der Waals surface area contributed by atoms with Crippen molar-refractivity contribution in [3.05, 3.63) is 56.8 Å². The van der Waals surface area contributed by atoms with Crippen molar-refractivity contribution in [2.45, 2.75) is 4.90 Å². The molecule has 0 aliphatic carbocycles. The summed E-state index contributed by atoms with van der Waals surface area (Å²) in [7, 11) is -2.77. The van der Waals surface area contributed by atoms with Gasteiger partial charge in [-0.1, -0.05) is 15.9 Å². The van der Waals surface area contributed by atoms with E-state index in [0.717, 1.165) is 18.2 Å². The molecule has 0 bridgehead atoms. The van der Waals surface area contributed by atoms with Gasteiger partial charge in [0.05, 0.1) is 17.7 Å². The maximum atomic E-state index is 13.3. The topological polar surface area (TPSA) is 98.5 Å². The van der Waals surface area contributed by atoms with Crippen molar-refractivity contribution in [1.29, 1.82) is 0 Å². The molecule has 0 aliphatic heterocycles. The molecule has 2 aromatic carbocycles. The van der Waals surface area contributed by atoms with Crippen molar-refractivity contribution >= 4 is 37.3 Å². The lowest BCUT2D eigenvalue weighted by atomic mass is 10.3. The third-order valence-electron chi connectivity index (χ3n) is 2.81. The number of sulfonamides is 1. The molecule has 0 aliphatic rings. The van der Waals surface area contributed by atoms with Gasteiger partial charge in [0.1, 0.15) is 10.6 Å². The number of methoxy groups -OCH3 is 1. The van der Waals surface area contributed by atoms with Gasteiger partial charge in [-0.25, -0.2) is 8.42 Å². The normalized spacial score (nSPS) is 11.1. The Balaban J connectivity index is 2.45. The van der Waals surface area contributed by atoms with Gasteiger partial charge in [0.25, 0.3) is 10.0 Å². The van der Waals surface area contributed by atoms with E-state index in [-0.39, 0.29) is 16.3 Å². The molecule has 0 spiro atoms. The zero-order valence-corrected chi connectivity index (χ0v) is 14.0. The molecule has 0 saturated carbocycles. The number of halogens is 2. The fraction of sp³-hybridized carbons (Fsp3) is 0.0769. The van der Waals surface area contributed by atoms with Crippen LogP contribution in [0.3, 0.4) is 0 Å². The Hall–Kier alpha value is -2.20. The molecule has 0 atom stereocenters. The highest BCUT2D eigenvalue weighted by atomic mass is 79.9. The van der Waals surface area contributed by atoms with E-state index >= 15 is 0 Å². The molecule has 10 heteroatoms. The van der Waals surface area contributed by atoms with Crippen LogP contribution >= 0.6 is 15.9 Å². The Labute approximate surface area is 139 Å². The fourth-order valence-corrected chi connectivity index (χ4v) is 3.54. The Morgan fingerprint density at radius 3 is 2.57 bits per heavy atom. The van der Waals surface area contributed by atoms with E-state index < -0.39 is 26.5 Å². The summed E-state index contributed by atoms with van der Waals surface area (Å²) in [5.74, 6) is -0.963. The minimum absolute atomic E-state index is 0.0947. The van der Waals surface area contributed by atoms with Gasteiger partial charge in [0, 0.05) is 10.5 Å². The van der Waals surface area contributed by atoms with Gasteiger partial charge in [-0.3, -0.25) is 14.8 Å². The van der Waals surface area contributed by atoms with Crippen molar-refractivity contribution in [2.24, 2.45) is 0 Å². The van der Waals surface area contributed by atoms with Gasteiger partial charge >= 0.3 is 5.69 Å². The second-order valence-electron chi connectivity index (χ2n) is 4.32. The van der Waals surface area contributed by atoms with E-state index in [1.165, 1.54) is 19.2 Å². The standard InChI is InChI=1S/C13H10BrFN2O5S/c1-22-12-5-2-8(14)6-13(12)23(20,21)16-9-3-4-10(15)11(7-9)17(18)19/h2-7,16H,1H3. The van der Waals surface area contributed by atoms with E-state index in [9.17, 15) is 22.9 Å². The molecular weight excluding hydrogens is 395 g/mol. The van der Waals surface area contributed by atoms with Crippen molar-refractivity contribution in [3.63, 3.8) is 0 Å². The van der Waals surface area contributed by atoms with Crippen LogP contribution < -0.4 is 9.46 Å². The molecule has 0 aromatic heterocycles. The molecular formula is C13H10BrFN2O5S. The first kappa shape index (κ1) is 17.2. The van der Waals surface area contributed by atoms with Crippen LogP contribution in [0.1, 0.15) is 0 Å². The van der Waals surface area contributed by atoms with Gasteiger partial charge in [0.15, 0.2) is 0 Å². The smallest absolute Gasteiger partial charge is 0.306 e. The van der Waals surface area contributed by atoms with Crippen molar-refractivity contribution < 1.29 is 22.5 Å². The van der Waals surface area contributed by atoms with Gasteiger partial charge in [-0.2, -0.15) is 4.39 Å². The SMILES string of the molecule is COc1ccc(Br)cc1S(=O)(=O)Nc1ccc(F)c([N+](=O)[O-])c1. The number of benzene rings is 2. The van der Waals surface area contributed by atoms with E-state index in [0.29, 0.717) is 4.47 Å². The minimum Gasteiger partial charge on any atom is -0.495 e. The highest BCUT2D eigenvalue weighted by Crippen LogP contribution is 2.30. The summed E-state index contributed by atoms with van der Waals surface area (Å²) in [6.45, 7) is 0. The zero-order chi connectivity index (χ0) is 17.2. The molecule has 23 heavy (non-hydrogen) atoms. The van der Waals surface area contributed by atoms with Crippen LogP contribution in [0.25, 0.3) is 0 Å². The number of hydrogen-bond donors (Lipinski definition) is 1. The molecule has 0 amide bonds. The molecule has 0 saturated heterocycles. The van der Waals surface area contributed by atoms with Crippen molar-refractivity contribution in [3.8, 4) is 5.75 Å². The van der Waals surface area contributed by atoms with Gasteiger partial charge < -0.3 is 4.74 Å². The molecule has 0 radical (unpaired) electrons. The number of hydrogen-bond acceptors (Lipinski definition) is 5. The highest BCUT2D eigenvalue weighted by molar-refractivity contribution is 9.10. The maximum absolute atomic E-state index is 13.3.